The molecule has 0 atom stereocenters. The molecule has 0 aliphatic carbocycles. The standard InChI is InChI=1S/C5H4F3N3O2/c6-5(7,8)3-1-2(9-10-3)4(12)11-13/h1,13H,(H,9,10)(H,11,12). The first kappa shape index (κ1) is 9.52. The van der Waals surface area contributed by atoms with E-state index in [0.717, 1.165) is 5.48 Å². The zero-order chi connectivity index (χ0) is 10.1. The average molecular weight is 195 g/mol. The highest BCUT2D eigenvalue weighted by atomic mass is 19.4. The Morgan fingerprint density at radius 2 is 2.23 bits per heavy atom. The van der Waals surface area contributed by atoms with Gasteiger partial charge >= 0.3 is 6.18 Å². The molecule has 0 aliphatic rings. The van der Waals surface area contributed by atoms with Crippen molar-refractivity contribution in [2.45, 2.75) is 6.18 Å². The van der Waals surface area contributed by atoms with E-state index in [9.17, 15) is 18.0 Å². The Morgan fingerprint density at radius 3 is 2.62 bits per heavy atom. The highest BCUT2D eigenvalue weighted by Crippen LogP contribution is 2.27. The predicted molar refractivity (Wildman–Crippen MR) is 32.8 cm³/mol. The third-order valence-corrected chi connectivity index (χ3v) is 1.22. The van der Waals surface area contributed by atoms with Crippen LogP contribution in [0.1, 0.15) is 16.2 Å². The molecule has 1 heterocycles. The van der Waals surface area contributed by atoms with Gasteiger partial charge in [-0.1, -0.05) is 0 Å². The van der Waals surface area contributed by atoms with Gasteiger partial charge in [-0.25, -0.2) is 5.48 Å². The van der Waals surface area contributed by atoms with E-state index in [4.69, 9.17) is 5.21 Å². The van der Waals surface area contributed by atoms with Crippen LogP contribution in [0, 0.1) is 0 Å². The highest BCUT2D eigenvalue weighted by Gasteiger charge is 2.33. The first-order chi connectivity index (χ1) is 5.95. The van der Waals surface area contributed by atoms with Crippen molar-refractivity contribution in [3.8, 4) is 0 Å². The van der Waals surface area contributed by atoms with Crippen LogP contribution in [0.5, 0.6) is 0 Å². The second kappa shape index (κ2) is 3.05. The summed E-state index contributed by atoms with van der Waals surface area (Å²) in [6.45, 7) is 0. The number of hydrogen-bond acceptors (Lipinski definition) is 3. The lowest BCUT2D eigenvalue weighted by molar-refractivity contribution is -0.141. The van der Waals surface area contributed by atoms with Crippen LogP contribution in [0.15, 0.2) is 6.07 Å². The van der Waals surface area contributed by atoms with Gasteiger partial charge in [0, 0.05) is 6.07 Å². The van der Waals surface area contributed by atoms with Gasteiger partial charge in [-0.05, 0) is 0 Å². The molecule has 8 heteroatoms. The number of hydroxylamine groups is 1. The Morgan fingerprint density at radius 1 is 1.62 bits per heavy atom. The first-order valence-electron chi connectivity index (χ1n) is 3.02. The van der Waals surface area contributed by atoms with Crippen LogP contribution in [0.2, 0.25) is 0 Å². The third kappa shape index (κ3) is 1.96. The number of rotatable bonds is 1. The Bertz CT molecular complexity index is 319. The molecule has 0 unspecified atom stereocenters. The van der Waals surface area contributed by atoms with Gasteiger partial charge in [-0.3, -0.25) is 15.1 Å². The second-order valence-corrected chi connectivity index (χ2v) is 2.11. The number of carbonyl (C=O) groups is 1. The van der Waals surface area contributed by atoms with E-state index >= 15 is 0 Å². The number of H-pyrrole nitrogens is 1. The minimum absolute atomic E-state index is 0.492. The predicted octanol–water partition coefficient (Wildman–Crippen LogP) is 0.548. The van der Waals surface area contributed by atoms with E-state index in [1.165, 1.54) is 0 Å². The molecule has 0 bridgehead atoms. The minimum Gasteiger partial charge on any atom is -0.288 e. The van der Waals surface area contributed by atoms with Crippen LogP contribution in [0.4, 0.5) is 13.2 Å². The summed E-state index contributed by atoms with van der Waals surface area (Å²) < 4.78 is 35.7. The summed E-state index contributed by atoms with van der Waals surface area (Å²) in [7, 11) is 0. The fourth-order valence-electron chi connectivity index (χ4n) is 0.641. The summed E-state index contributed by atoms with van der Waals surface area (Å²) in [4.78, 5) is 10.5. The van der Waals surface area contributed by atoms with Crippen molar-refractivity contribution in [2.75, 3.05) is 0 Å². The number of alkyl halides is 3. The number of aromatic amines is 1. The van der Waals surface area contributed by atoms with Crippen LogP contribution in [0.25, 0.3) is 0 Å². The van der Waals surface area contributed by atoms with Gasteiger partial charge < -0.3 is 0 Å². The lowest BCUT2D eigenvalue weighted by Crippen LogP contribution is -2.18. The number of carbonyl (C=O) groups excluding carboxylic acids is 1. The topological polar surface area (TPSA) is 78.0 Å². The first-order valence-corrected chi connectivity index (χ1v) is 3.02. The molecule has 1 rings (SSSR count). The Hall–Kier alpha value is -1.57. The van der Waals surface area contributed by atoms with Crippen molar-refractivity contribution in [1.82, 2.24) is 15.7 Å². The number of halogens is 3. The SMILES string of the molecule is O=C(NO)c1cc(C(F)(F)F)[nH]n1. The van der Waals surface area contributed by atoms with Crippen LogP contribution < -0.4 is 5.48 Å². The van der Waals surface area contributed by atoms with Crippen LogP contribution in [0.3, 0.4) is 0 Å². The molecular weight excluding hydrogens is 191 g/mol. The molecular formula is C5H4F3N3O2. The van der Waals surface area contributed by atoms with Crippen molar-refractivity contribution < 1.29 is 23.2 Å². The quantitative estimate of drug-likeness (QED) is 0.452. The van der Waals surface area contributed by atoms with E-state index in [-0.39, 0.29) is 0 Å². The number of nitrogens with zero attached hydrogens (tertiary/aromatic N) is 1. The Balaban J connectivity index is 2.93. The third-order valence-electron chi connectivity index (χ3n) is 1.22. The lowest BCUT2D eigenvalue weighted by Gasteiger charge is -1.99. The molecule has 1 amide bonds. The number of hydrogen-bond donors (Lipinski definition) is 3. The molecule has 0 fully saturated rings. The molecule has 0 saturated heterocycles. The van der Waals surface area contributed by atoms with E-state index in [1.54, 1.807) is 5.10 Å². The van der Waals surface area contributed by atoms with Gasteiger partial charge in [0.25, 0.3) is 5.91 Å². The zero-order valence-electron chi connectivity index (χ0n) is 6.01. The van der Waals surface area contributed by atoms with E-state index in [2.05, 4.69) is 5.10 Å². The summed E-state index contributed by atoms with van der Waals surface area (Å²) >= 11 is 0. The maximum atomic E-state index is 11.9. The Kier molecular flexibility index (Phi) is 2.24. The van der Waals surface area contributed by atoms with E-state index < -0.39 is 23.5 Å². The summed E-state index contributed by atoms with van der Waals surface area (Å²) in [5.41, 5.74) is -0.522. The summed E-state index contributed by atoms with van der Waals surface area (Å²) in [6.07, 6.45) is -4.58. The Labute approximate surface area is 69.5 Å². The molecule has 13 heavy (non-hydrogen) atoms. The molecule has 0 aliphatic heterocycles. The van der Waals surface area contributed by atoms with Crippen LogP contribution in [-0.4, -0.2) is 21.3 Å². The van der Waals surface area contributed by atoms with Gasteiger partial charge in [0.1, 0.15) is 5.69 Å². The smallest absolute Gasteiger partial charge is 0.288 e. The van der Waals surface area contributed by atoms with Crippen molar-refractivity contribution in [3.05, 3.63) is 17.5 Å². The number of amides is 1. The fourth-order valence-corrected chi connectivity index (χ4v) is 0.641. The second-order valence-electron chi connectivity index (χ2n) is 2.11. The molecule has 5 nitrogen and oxygen atoms in total. The van der Waals surface area contributed by atoms with Crippen molar-refractivity contribution >= 4 is 5.91 Å². The van der Waals surface area contributed by atoms with Crippen molar-refractivity contribution in [1.29, 1.82) is 0 Å². The molecule has 1 aromatic heterocycles. The van der Waals surface area contributed by atoms with E-state index in [0.29, 0.717) is 6.07 Å². The largest absolute Gasteiger partial charge is 0.432 e. The molecule has 0 spiro atoms. The summed E-state index contributed by atoms with van der Waals surface area (Å²) in [5.74, 6) is -1.10. The molecule has 3 N–H and O–H groups in total. The van der Waals surface area contributed by atoms with Crippen LogP contribution in [-0.2, 0) is 6.18 Å². The molecule has 1 aromatic rings. The van der Waals surface area contributed by atoms with Gasteiger partial charge in [0.2, 0.25) is 0 Å². The fraction of sp³-hybridized carbons (Fsp3) is 0.200. The minimum atomic E-state index is -4.58. The monoisotopic (exact) mass is 195 g/mol. The maximum absolute atomic E-state index is 11.9. The van der Waals surface area contributed by atoms with Gasteiger partial charge in [-0.2, -0.15) is 18.3 Å². The highest BCUT2D eigenvalue weighted by molar-refractivity contribution is 5.91. The number of aromatic nitrogens is 2. The van der Waals surface area contributed by atoms with Crippen molar-refractivity contribution in [3.63, 3.8) is 0 Å². The van der Waals surface area contributed by atoms with E-state index in [1.807, 2.05) is 0 Å². The molecule has 72 valence electrons. The molecule has 0 radical (unpaired) electrons. The van der Waals surface area contributed by atoms with Gasteiger partial charge in [0.05, 0.1) is 0 Å². The summed E-state index contributed by atoms with van der Waals surface area (Å²) in [6, 6.07) is 0.492. The summed E-state index contributed by atoms with van der Waals surface area (Å²) in [5, 5.41) is 12.7. The molecule has 0 saturated carbocycles. The molecule has 0 aromatic carbocycles. The van der Waals surface area contributed by atoms with Gasteiger partial charge in [-0.15, -0.1) is 0 Å². The van der Waals surface area contributed by atoms with Crippen LogP contribution >= 0.6 is 0 Å². The zero-order valence-corrected chi connectivity index (χ0v) is 6.01. The van der Waals surface area contributed by atoms with Crippen molar-refractivity contribution in [2.24, 2.45) is 0 Å². The normalized spacial score (nSPS) is 11.4. The number of nitrogens with one attached hydrogen (secondary N) is 2. The average Bonchev–Trinajstić information content (AvgIpc) is 2.50. The van der Waals surface area contributed by atoms with Gasteiger partial charge in [0.15, 0.2) is 5.69 Å². The lowest BCUT2D eigenvalue weighted by atomic mass is 10.3. The maximum Gasteiger partial charge on any atom is 0.432 e.